The van der Waals surface area contributed by atoms with E-state index < -0.39 is 0 Å². The molecule has 4 aromatic heterocycles. The van der Waals surface area contributed by atoms with Crippen molar-refractivity contribution in [1.29, 1.82) is 0 Å². The molecule has 0 saturated carbocycles. The molecule has 4 nitrogen and oxygen atoms in total. The molecule has 4 heterocycles. The van der Waals surface area contributed by atoms with Gasteiger partial charge in [0.1, 0.15) is 28.0 Å². The van der Waals surface area contributed by atoms with Crippen molar-refractivity contribution >= 4 is 86.3 Å². The lowest BCUT2D eigenvalue weighted by Crippen LogP contribution is -1.93. The average Bonchev–Trinajstić information content (AvgIpc) is 3.90. The molecule has 0 saturated heterocycles. The molecule has 0 N–H and O–H groups in total. The molecular formula is C44H22N2O2S. The zero-order chi connectivity index (χ0) is 31.8. The minimum Gasteiger partial charge on any atom is -0.455 e. The Morgan fingerprint density at radius 2 is 1.22 bits per heavy atom. The second kappa shape index (κ2) is 9.19. The van der Waals surface area contributed by atoms with Crippen LogP contribution in [0.25, 0.3) is 120 Å². The molecule has 0 aliphatic heterocycles. The van der Waals surface area contributed by atoms with Gasteiger partial charge in [0.15, 0.2) is 11.4 Å². The van der Waals surface area contributed by atoms with E-state index in [1.54, 1.807) is 11.3 Å². The number of aromatic nitrogens is 2. The number of hydrogen-bond donors (Lipinski definition) is 0. The first kappa shape index (κ1) is 25.7. The van der Waals surface area contributed by atoms with Gasteiger partial charge in [-0.2, -0.15) is 0 Å². The van der Waals surface area contributed by atoms with Crippen molar-refractivity contribution < 1.29 is 8.83 Å². The first-order valence-electron chi connectivity index (χ1n) is 16.4. The molecular weight excluding hydrogens is 621 g/mol. The molecule has 0 spiro atoms. The van der Waals surface area contributed by atoms with E-state index in [4.69, 9.17) is 18.8 Å². The molecule has 0 unspecified atom stereocenters. The SMILES string of the molecule is c1ccc2c(c1)-c1cccc3cc4c(oc5cc(-c6nc(-c7ccc8c(c7)sc7ccccc78)c7oc8ccccc8c7n6)ccc54)c-2c13. The zero-order valence-electron chi connectivity index (χ0n) is 25.8. The summed E-state index contributed by atoms with van der Waals surface area (Å²) in [7, 11) is 0. The highest BCUT2D eigenvalue weighted by Gasteiger charge is 2.26. The van der Waals surface area contributed by atoms with Crippen LogP contribution in [0.15, 0.2) is 142 Å². The van der Waals surface area contributed by atoms with Crippen LogP contribution in [0.3, 0.4) is 0 Å². The molecule has 1 aliphatic rings. The van der Waals surface area contributed by atoms with Crippen LogP contribution in [-0.4, -0.2) is 9.97 Å². The second-order valence-electron chi connectivity index (χ2n) is 12.9. The molecule has 12 rings (SSSR count). The third-order valence-corrected chi connectivity index (χ3v) is 11.4. The number of nitrogens with zero attached hydrogens (tertiary/aromatic N) is 2. The van der Waals surface area contributed by atoms with Gasteiger partial charge in [-0.25, -0.2) is 9.97 Å². The van der Waals surface area contributed by atoms with E-state index in [9.17, 15) is 0 Å². The molecule has 226 valence electrons. The summed E-state index contributed by atoms with van der Waals surface area (Å²) < 4.78 is 15.8. The quantitative estimate of drug-likeness (QED) is 0.188. The highest BCUT2D eigenvalue weighted by molar-refractivity contribution is 7.25. The number of fused-ring (bicyclic) bond motifs is 13. The highest BCUT2D eigenvalue weighted by Crippen LogP contribution is 2.52. The monoisotopic (exact) mass is 642 g/mol. The van der Waals surface area contributed by atoms with Crippen molar-refractivity contribution in [2.75, 3.05) is 0 Å². The predicted molar refractivity (Wildman–Crippen MR) is 202 cm³/mol. The van der Waals surface area contributed by atoms with Crippen molar-refractivity contribution in [3.8, 4) is 44.9 Å². The maximum Gasteiger partial charge on any atom is 0.180 e. The number of benzene rings is 7. The Morgan fingerprint density at radius 3 is 2.18 bits per heavy atom. The van der Waals surface area contributed by atoms with Crippen LogP contribution in [0.5, 0.6) is 0 Å². The average molecular weight is 643 g/mol. The van der Waals surface area contributed by atoms with Crippen molar-refractivity contribution in [3.05, 3.63) is 133 Å². The summed E-state index contributed by atoms with van der Waals surface area (Å²) >= 11 is 1.80. The van der Waals surface area contributed by atoms with E-state index >= 15 is 0 Å². The third-order valence-electron chi connectivity index (χ3n) is 10.2. The molecule has 0 fully saturated rings. The molecule has 0 radical (unpaired) electrons. The van der Waals surface area contributed by atoms with Gasteiger partial charge in [0.05, 0.1) is 0 Å². The number of rotatable bonds is 2. The van der Waals surface area contributed by atoms with Crippen LogP contribution >= 0.6 is 11.3 Å². The number of thiophene rings is 1. The van der Waals surface area contributed by atoms with Crippen molar-refractivity contribution in [2.24, 2.45) is 0 Å². The first-order valence-corrected chi connectivity index (χ1v) is 17.2. The first-order chi connectivity index (χ1) is 24.3. The Hall–Kier alpha value is -6.30. The smallest absolute Gasteiger partial charge is 0.180 e. The molecule has 0 atom stereocenters. The molecule has 1 aliphatic carbocycles. The van der Waals surface area contributed by atoms with Gasteiger partial charge in [-0.15, -0.1) is 11.3 Å². The summed E-state index contributed by atoms with van der Waals surface area (Å²) in [5, 5.41) is 8.18. The fourth-order valence-electron chi connectivity index (χ4n) is 8.03. The van der Waals surface area contributed by atoms with Crippen molar-refractivity contribution in [1.82, 2.24) is 9.97 Å². The summed E-state index contributed by atoms with van der Waals surface area (Å²) in [6.07, 6.45) is 0. The Labute approximate surface area is 282 Å². The Morgan fingerprint density at radius 1 is 0.469 bits per heavy atom. The summed E-state index contributed by atoms with van der Waals surface area (Å²) in [4.78, 5) is 10.4. The molecule has 5 heteroatoms. The van der Waals surface area contributed by atoms with Crippen LogP contribution < -0.4 is 0 Å². The van der Waals surface area contributed by atoms with E-state index in [0.717, 1.165) is 55.2 Å². The van der Waals surface area contributed by atoms with Gasteiger partial charge < -0.3 is 8.83 Å². The molecule has 11 aromatic rings. The van der Waals surface area contributed by atoms with Crippen LogP contribution in [0.4, 0.5) is 0 Å². The lowest BCUT2D eigenvalue weighted by Gasteiger charge is -2.07. The maximum absolute atomic E-state index is 6.80. The van der Waals surface area contributed by atoms with Crippen LogP contribution in [0, 0.1) is 0 Å². The van der Waals surface area contributed by atoms with Gasteiger partial charge >= 0.3 is 0 Å². The topological polar surface area (TPSA) is 52.1 Å². The number of furan rings is 2. The van der Waals surface area contributed by atoms with Crippen LogP contribution in [0.2, 0.25) is 0 Å². The minimum absolute atomic E-state index is 0.634. The predicted octanol–water partition coefficient (Wildman–Crippen LogP) is 12.8. The van der Waals surface area contributed by atoms with Crippen molar-refractivity contribution in [3.63, 3.8) is 0 Å². The molecule has 7 aromatic carbocycles. The zero-order valence-corrected chi connectivity index (χ0v) is 26.6. The fourth-order valence-corrected chi connectivity index (χ4v) is 9.17. The van der Waals surface area contributed by atoms with Gasteiger partial charge in [0.2, 0.25) is 0 Å². The van der Waals surface area contributed by atoms with E-state index in [0.29, 0.717) is 11.4 Å². The van der Waals surface area contributed by atoms with E-state index in [-0.39, 0.29) is 0 Å². The summed E-state index contributed by atoms with van der Waals surface area (Å²) in [6.45, 7) is 0. The Bertz CT molecular complexity index is 3240. The van der Waals surface area contributed by atoms with Gasteiger partial charge in [0.25, 0.3) is 0 Å². The summed E-state index contributed by atoms with van der Waals surface area (Å²) in [5.41, 5.74) is 11.6. The normalized spacial score (nSPS) is 12.5. The van der Waals surface area contributed by atoms with Gasteiger partial charge in [-0.1, -0.05) is 91.0 Å². The summed E-state index contributed by atoms with van der Waals surface area (Å²) in [5.74, 6) is 0.634. The van der Waals surface area contributed by atoms with E-state index in [2.05, 4.69) is 115 Å². The molecule has 0 amide bonds. The van der Waals surface area contributed by atoms with Crippen LogP contribution in [-0.2, 0) is 0 Å². The minimum atomic E-state index is 0.634. The lowest BCUT2D eigenvalue weighted by atomic mass is 9.99. The van der Waals surface area contributed by atoms with E-state index in [1.807, 2.05) is 18.2 Å². The maximum atomic E-state index is 6.80. The lowest BCUT2D eigenvalue weighted by molar-refractivity contribution is 0.667. The van der Waals surface area contributed by atoms with Crippen molar-refractivity contribution in [2.45, 2.75) is 0 Å². The van der Waals surface area contributed by atoms with E-state index in [1.165, 1.54) is 53.2 Å². The Balaban J connectivity index is 1.10. The van der Waals surface area contributed by atoms with Gasteiger partial charge in [-0.3, -0.25) is 0 Å². The van der Waals surface area contributed by atoms with Gasteiger partial charge in [-0.05, 0) is 64.5 Å². The second-order valence-corrected chi connectivity index (χ2v) is 14.0. The Kier molecular flexibility index (Phi) is 4.83. The van der Waals surface area contributed by atoms with Gasteiger partial charge in [0, 0.05) is 58.4 Å². The number of para-hydroxylation sites is 1. The van der Waals surface area contributed by atoms with Crippen LogP contribution in [0.1, 0.15) is 0 Å². The highest BCUT2D eigenvalue weighted by atomic mass is 32.1. The fraction of sp³-hybridized carbons (Fsp3) is 0. The number of hydrogen-bond acceptors (Lipinski definition) is 5. The molecule has 0 bridgehead atoms. The largest absolute Gasteiger partial charge is 0.455 e. The summed E-state index contributed by atoms with van der Waals surface area (Å²) in [6, 6.07) is 47.1. The third kappa shape index (κ3) is 3.42. The standard InChI is InChI=1S/C44H22N2O2S/c1-2-11-31-26(9-1)30-13-7-8-23-20-33-27-18-17-25(21-35(27)48-42(33)39(31)38(23)30)44-45-40(43-41(46-44)32-12-3-5-14-34(32)47-43)24-16-19-29-28-10-4-6-15-36(28)49-37(29)22-24/h1-22H. The molecule has 49 heavy (non-hydrogen) atoms.